The maximum absolute atomic E-state index is 13.2. The van der Waals surface area contributed by atoms with Crippen molar-refractivity contribution in [2.75, 3.05) is 32.7 Å². The van der Waals surface area contributed by atoms with Gasteiger partial charge in [-0.15, -0.1) is 0 Å². The molecule has 1 amide bonds. The summed E-state index contributed by atoms with van der Waals surface area (Å²) in [5.41, 5.74) is 4.72. The molecule has 192 valence electrons. The number of H-pyrrole nitrogens is 1. The van der Waals surface area contributed by atoms with Crippen LogP contribution in [0.1, 0.15) is 62.5 Å². The maximum Gasteiger partial charge on any atom is 0.272 e. The zero-order chi connectivity index (χ0) is 25.1. The van der Waals surface area contributed by atoms with Gasteiger partial charge < -0.3 is 10.2 Å². The van der Waals surface area contributed by atoms with Crippen molar-refractivity contribution < 1.29 is 4.79 Å². The first kappa shape index (κ1) is 24.9. The molecule has 0 aliphatic carbocycles. The summed E-state index contributed by atoms with van der Waals surface area (Å²) in [4.78, 5) is 22.7. The Morgan fingerprint density at radius 2 is 1.78 bits per heavy atom. The minimum atomic E-state index is -0.0908. The van der Waals surface area contributed by atoms with Gasteiger partial charge in [0.1, 0.15) is 0 Å². The highest BCUT2D eigenvalue weighted by molar-refractivity contribution is 6.05. The van der Waals surface area contributed by atoms with Crippen molar-refractivity contribution in [1.82, 2.24) is 30.3 Å². The number of carbonyl (C=O) groups excluding carboxylic acids is 1. The molecule has 2 aromatic heterocycles. The highest BCUT2D eigenvalue weighted by Crippen LogP contribution is 2.27. The number of rotatable bonds is 7. The van der Waals surface area contributed by atoms with Crippen molar-refractivity contribution in [2.24, 2.45) is 11.8 Å². The fourth-order valence-electron chi connectivity index (χ4n) is 5.61. The molecule has 7 nitrogen and oxygen atoms in total. The Morgan fingerprint density at radius 3 is 2.53 bits per heavy atom. The van der Waals surface area contributed by atoms with E-state index >= 15 is 0 Å². The number of nitrogens with one attached hydrogen (secondary N) is 2. The van der Waals surface area contributed by atoms with Crippen LogP contribution < -0.4 is 5.32 Å². The molecule has 2 aliphatic heterocycles. The lowest BCUT2D eigenvalue weighted by Gasteiger charge is -2.33. The Hall–Kier alpha value is -2.77. The van der Waals surface area contributed by atoms with E-state index in [0.717, 1.165) is 80.1 Å². The van der Waals surface area contributed by atoms with Gasteiger partial charge in [0.15, 0.2) is 5.69 Å². The van der Waals surface area contributed by atoms with Crippen LogP contribution in [0.4, 0.5) is 0 Å². The molecule has 2 aliphatic rings. The van der Waals surface area contributed by atoms with Gasteiger partial charge in [0.05, 0.1) is 5.52 Å². The summed E-state index contributed by atoms with van der Waals surface area (Å²) >= 11 is 0. The molecule has 0 radical (unpaired) electrons. The lowest BCUT2D eigenvalue weighted by Crippen LogP contribution is -2.45. The molecule has 4 heterocycles. The van der Waals surface area contributed by atoms with Crippen LogP contribution in [0.15, 0.2) is 36.7 Å². The van der Waals surface area contributed by atoms with E-state index in [-0.39, 0.29) is 11.9 Å². The minimum absolute atomic E-state index is 0.0908. The highest BCUT2D eigenvalue weighted by Gasteiger charge is 2.23. The second kappa shape index (κ2) is 11.1. The number of amides is 1. The lowest BCUT2D eigenvalue weighted by molar-refractivity contribution is 0.0904. The molecule has 1 aromatic carbocycles. The number of hydrogen-bond donors (Lipinski definition) is 2. The summed E-state index contributed by atoms with van der Waals surface area (Å²) in [5, 5.41) is 11.5. The number of piperidine rings is 2. The summed E-state index contributed by atoms with van der Waals surface area (Å²) in [6.07, 6.45) is 8.40. The number of pyridine rings is 1. The average Bonchev–Trinajstić information content (AvgIpc) is 3.30. The molecule has 0 spiro atoms. The SMILES string of the molecule is CC(C)CN1CCC(NC(=O)c2n[nH]c3ccc(-c4cncc(CN5CCC(C)CC5)c4)cc23)CC1. The van der Waals surface area contributed by atoms with E-state index in [9.17, 15) is 4.79 Å². The number of aromatic nitrogens is 3. The Balaban J connectivity index is 1.27. The van der Waals surface area contributed by atoms with Crippen molar-refractivity contribution in [3.8, 4) is 11.1 Å². The molecule has 0 unspecified atom stereocenters. The molecular weight excluding hydrogens is 448 g/mol. The van der Waals surface area contributed by atoms with Crippen molar-refractivity contribution in [2.45, 2.75) is 59.0 Å². The van der Waals surface area contributed by atoms with Gasteiger partial charge in [0.2, 0.25) is 0 Å². The van der Waals surface area contributed by atoms with E-state index in [1.165, 1.54) is 18.4 Å². The second-order valence-electron chi connectivity index (χ2n) is 11.3. The van der Waals surface area contributed by atoms with E-state index in [4.69, 9.17) is 0 Å². The Morgan fingerprint density at radius 1 is 1.03 bits per heavy atom. The number of benzene rings is 1. The number of hydrogen-bond acceptors (Lipinski definition) is 5. The molecule has 5 rings (SSSR count). The molecule has 0 atom stereocenters. The topological polar surface area (TPSA) is 77.1 Å². The molecule has 0 saturated carbocycles. The standard InChI is InChI=1S/C29H40N6O/c1-20(2)18-34-12-8-25(9-13-34)31-29(36)28-26-15-23(4-5-27(26)32-33-28)24-14-22(16-30-17-24)19-35-10-6-21(3)7-11-35/h4-5,14-17,20-21,25H,6-13,18-19H2,1-3H3,(H,31,36)(H,32,33). The maximum atomic E-state index is 13.2. The Labute approximate surface area is 214 Å². The van der Waals surface area contributed by atoms with Gasteiger partial charge in [-0.25, -0.2) is 0 Å². The fraction of sp³-hybridized carbons (Fsp3) is 0.552. The molecule has 3 aromatic rings. The normalized spacial score (nSPS) is 18.8. The number of fused-ring (bicyclic) bond motifs is 1. The number of aromatic amines is 1. The van der Waals surface area contributed by atoms with E-state index in [1.54, 1.807) is 0 Å². The van der Waals surface area contributed by atoms with Gasteiger partial charge in [-0.3, -0.25) is 19.8 Å². The molecule has 2 N–H and O–H groups in total. The molecule has 2 fully saturated rings. The smallest absolute Gasteiger partial charge is 0.272 e. The van der Waals surface area contributed by atoms with Gasteiger partial charge >= 0.3 is 0 Å². The molecule has 0 bridgehead atoms. The molecule has 36 heavy (non-hydrogen) atoms. The quantitative estimate of drug-likeness (QED) is 0.504. The molecule has 2 saturated heterocycles. The first-order chi connectivity index (χ1) is 17.4. The predicted molar refractivity (Wildman–Crippen MR) is 145 cm³/mol. The largest absolute Gasteiger partial charge is 0.348 e. The van der Waals surface area contributed by atoms with Crippen LogP contribution in [0, 0.1) is 11.8 Å². The van der Waals surface area contributed by atoms with Crippen molar-refractivity contribution in [3.63, 3.8) is 0 Å². The van der Waals surface area contributed by atoms with E-state index in [2.05, 4.69) is 69.3 Å². The monoisotopic (exact) mass is 488 g/mol. The van der Waals surface area contributed by atoms with E-state index in [1.807, 2.05) is 18.5 Å². The third-order valence-corrected chi connectivity index (χ3v) is 7.73. The summed E-state index contributed by atoms with van der Waals surface area (Å²) < 4.78 is 0. The Bertz CT molecular complexity index is 1170. The van der Waals surface area contributed by atoms with Crippen LogP contribution in [0.25, 0.3) is 22.0 Å². The number of nitrogens with zero attached hydrogens (tertiary/aromatic N) is 4. The van der Waals surface area contributed by atoms with Gasteiger partial charge in [-0.2, -0.15) is 5.10 Å². The fourth-order valence-corrected chi connectivity index (χ4v) is 5.61. The van der Waals surface area contributed by atoms with Crippen LogP contribution in [0.5, 0.6) is 0 Å². The highest BCUT2D eigenvalue weighted by atomic mass is 16.2. The third kappa shape index (κ3) is 5.95. The number of carbonyl (C=O) groups is 1. The zero-order valence-electron chi connectivity index (χ0n) is 22.0. The van der Waals surface area contributed by atoms with Crippen molar-refractivity contribution >= 4 is 16.8 Å². The Kier molecular flexibility index (Phi) is 7.67. The van der Waals surface area contributed by atoms with Crippen molar-refractivity contribution in [1.29, 1.82) is 0 Å². The third-order valence-electron chi connectivity index (χ3n) is 7.73. The van der Waals surface area contributed by atoms with Gasteiger partial charge in [0.25, 0.3) is 5.91 Å². The summed E-state index contributed by atoms with van der Waals surface area (Å²) in [6.45, 7) is 13.3. The van der Waals surface area contributed by atoms with E-state index in [0.29, 0.717) is 11.6 Å². The van der Waals surface area contributed by atoms with Gasteiger partial charge in [-0.1, -0.05) is 26.8 Å². The molecule has 7 heteroatoms. The first-order valence-electron chi connectivity index (χ1n) is 13.6. The summed E-state index contributed by atoms with van der Waals surface area (Å²) in [6, 6.07) is 8.60. The number of likely N-dealkylation sites (tertiary alicyclic amines) is 2. The van der Waals surface area contributed by atoms with E-state index < -0.39 is 0 Å². The minimum Gasteiger partial charge on any atom is -0.348 e. The van der Waals surface area contributed by atoms with Gasteiger partial charge in [0, 0.05) is 55.6 Å². The zero-order valence-corrected chi connectivity index (χ0v) is 22.0. The van der Waals surface area contributed by atoms with Crippen LogP contribution in [-0.2, 0) is 6.54 Å². The van der Waals surface area contributed by atoms with Gasteiger partial charge in [-0.05, 0) is 79.9 Å². The van der Waals surface area contributed by atoms with Crippen LogP contribution in [-0.4, -0.2) is 69.7 Å². The predicted octanol–water partition coefficient (Wildman–Crippen LogP) is 4.71. The second-order valence-corrected chi connectivity index (χ2v) is 11.3. The average molecular weight is 489 g/mol. The van der Waals surface area contributed by atoms with Crippen LogP contribution in [0.2, 0.25) is 0 Å². The van der Waals surface area contributed by atoms with Crippen LogP contribution in [0.3, 0.4) is 0 Å². The first-order valence-corrected chi connectivity index (χ1v) is 13.6. The summed E-state index contributed by atoms with van der Waals surface area (Å²) in [5.74, 6) is 1.41. The van der Waals surface area contributed by atoms with Crippen molar-refractivity contribution in [3.05, 3.63) is 47.9 Å². The summed E-state index contributed by atoms with van der Waals surface area (Å²) in [7, 11) is 0. The lowest BCUT2D eigenvalue weighted by atomic mass is 9.98. The van der Waals surface area contributed by atoms with Crippen LogP contribution >= 0.6 is 0 Å². The molecular formula is C29H40N6O.